The molecule has 0 spiro atoms. The van der Waals surface area contributed by atoms with Gasteiger partial charge in [-0.1, -0.05) is 31.8 Å². The van der Waals surface area contributed by atoms with Gasteiger partial charge >= 0.3 is 0 Å². The Hall–Kier alpha value is -2.22. The molecule has 1 amide bonds. The first-order chi connectivity index (χ1) is 14.0. The fourth-order valence-electron chi connectivity index (χ4n) is 3.67. The SMILES string of the molecule is COc1ccc(-c2noc(CSCC(=O)N[C@@H]3CCC[C@H](C)[C@H]3C)n2)cc1OC. The van der Waals surface area contributed by atoms with E-state index in [4.69, 9.17) is 14.0 Å². The van der Waals surface area contributed by atoms with Gasteiger partial charge in [-0.15, -0.1) is 11.8 Å². The quantitative estimate of drug-likeness (QED) is 0.694. The van der Waals surface area contributed by atoms with Gasteiger partial charge in [-0.25, -0.2) is 0 Å². The molecule has 1 aliphatic carbocycles. The van der Waals surface area contributed by atoms with Gasteiger partial charge in [-0.2, -0.15) is 4.98 Å². The fraction of sp³-hybridized carbons (Fsp3) is 0.571. The van der Waals surface area contributed by atoms with Crippen LogP contribution in [0.4, 0.5) is 0 Å². The van der Waals surface area contributed by atoms with Gasteiger partial charge in [0.05, 0.1) is 25.7 Å². The highest BCUT2D eigenvalue weighted by Crippen LogP contribution is 2.31. The highest BCUT2D eigenvalue weighted by Gasteiger charge is 2.28. The Morgan fingerprint density at radius 3 is 2.79 bits per heavy atom. The fourth-order valence-corrected chi connectivity index (χ4v) is 4.33. The van der Waals surface area contributed by atoms with Crippen molar-refractivity contribution in [2.24, 2.45) is 11.8 Å². The van der Waals surface area contributed by atoms with Crippen molar-refractivity contribution in [1.82, 2.24) is 15.5 Å². The zero-order chi connectivity index (χ0) is 20.8. The molecular formula is C21H29N3O4S. The van der Waals surface area contributed by atoms with Crippen LogP contribution in [0.25, 0.3) is 11.4 Å². The van der Waals surface area contributed by atoms with Crippen molar-refractivity contribution in [2.45, 2.75) is 44.9 Å². The Morgan fingerprint density at radius 2 is 2.03 bits per heavy atom. The van der Waals surface area contributed by atoms with E-state index in [2.05, 4.69) is 29.3 Å². The number of nitrogens with one attached hydrogen (secondary N) is 1. The number of nitrogens with zero attached hydrogens (tertiary/aromatic N) is 2. The van der Waals surface area contributed by atoms with Crippen LogP contribution in [0.3, 0.4) is 0 Å². The van der Waals surface area contributed by atoms with Crippen LogP contribution >= 0.6 is 11.8 Å². The number of amides is 1. The van der Waals surface area contributed by atoms with Gasteiger partial charge in [0.15, 0.2) is 11.5 Å². The lowest BCUT2D eigenvalue weighted by Gasteiger charge is -2.34. The third-order valence-corrected chi connectivity index (χ3v) is 6.54. The van der Waals surface area contributed by atoms with Crippen molar-refractivity contribution < 1.29 is 18.8 Å². The molecule has 0 saturated heterocycles. The minimum atomic E-state index is 0.0700. The molecule has 0 bridgehead atoms. The standard InChI is InChI=1S/C21H29N3O4S/c1-13-6-5-7-16(14(13)2)22-19(25)11-29-12-20-23-21(24-28-20)15-8-9-17(26-3)18(10-15)27-4/h8-10,13-14,16H,5-7,11-12H2,1-4H3,(H,22,25)/t13-,14+,16+/m0/s1. The maximum atomic E-state index is 12.3. The highest BCUT2D eigenvalue weighted by atomic mass is 32.2. The van der Waals surface area contributed by atoms with Crippen molar-refractivity contribution in [3.63, 3.8) is 0 Å². The Balaban J connectivity index is 1.50. The molecule has 1 fully saturated rings. The zero-order valence-corrected chi connectivity index (χ0v) is 18.3. The topological polar surface area (TPSA) is 86.5 Å². The summed E-state index contributed by atoms with van der Waals surface area (Å²) in [6, 6.07) is 5.74. The molecule has 1 aliphatic rings. The number of aromatic nitrogens is 2. The molecule has 3 atom stereocenters. The third-order valence-electron chi connectivity index (χ3n) is 5.62. The van der Waals surface area contributed by atoms with Gasteiger partial charge in [0, 0.05) is 11.6 Å². The molecule has 0 aliphatic heterocycles. The van der Waals surface area contributed by atoms with E-state index in [9.17, 15) is 4.79 Å². The van der Waals surface area contributed by atoms with E-state index in [1.54, 1.807) is 26.4 Å². The summed E-state index contributed by atoms with van der Waals surface area (Å²) in [4.78, 5) is 16.7. The second-order valence-corrected chi connectivity index (χ2v) is 8.50. The first-order valence-corrected chi connectivity index (χ1v) is 11.1. The van der Waals surface area contributed by atoms with Gasteiger partial charge in [-0.3, -0.25) is 4.79 Å². The summed E-state index contributed by atoms with van der Waals surface area (Å²) in [6.07, 6.45) is 3.51. The summed E-state index contributed by atoms with van der Waals surface area (Å²) in [6.45, 7) is 4.50. The van der Waals surface area contributed by atoms with Crippen LogP contribution in [-0.2, 0) is 10.5 Å². The van der Waals surface area contributed by atoms with Gasteiger partial charge in [0.25, 0.3) is 0 Å². The van der Waals surface area contributed by atoms with Gasteiger partial charge in [0.2, 0.25) is 17.6 Å². The molecule has 0 radical (unpaired) electrons. The Labute approximate surface area is 175 Å². The summed E-state index contributed by atoms with van der Waals surface area (Å²) in [7, 11) is 3.17. The summed E-state index contributed by atoms with van der Waals surface area (Å²) in [5.41, 5.74) is 0.779. The maximum Gasteiger partial charge on any atom is 0.236 e. The van der Waals surface area contributed by atoms with Crippen molar-refractivity contribution in [1.29, 1.82) is 0 Å². The van der Waals surface area contributed by atoms with Crippen LogP contribution in [0, 0.1) is 11.8 Å². The molecule has 7 nitrogen and oxygen atoms in total. The van der Waals surface area contributed by atoms with E-state index in [-0.39, 0.29) is 11.9 Å². The Bertz CT molecular complexity index is 826. The largest absolute Gasteiger partial charge is 0.493 e. The molecule has 1 saturated carbocycles. The monoisotopic (exact) mass is 419 g/mol. The van der Waals surface area contributed by atoms with E-state index in [1.165, 1.54) is 24.6 Å². The summed E-state index contributed by atoms with van der Waals surface area (Å²) < 4.78 is 15.9. The van der Waals surface area contributed by atoms with Crippen LogP contribution < -0.4 is 14.8 Å². The third kappa shape index (κ3) is 5.44. The van der Waals surface area contributed by atoms with Crippen LogP contribution in [0.1, 0.15) is 39.0 Å². The average molecular weight is 420 g/mol. The molecule has 158 valence electrons. The molecular weight excluding hydrogens is 390 g/mol. The van der Waals surface area contributed by atoms with Gasteiger partial charge in [-0.05, 0) is 36.5 Å². The number of carbonyl (C=O) groups is 1. The summed E-state index contributed by atoms with van der Waals surface area (Å²) in [5.74, 6) is 4.35. The van der Waals surface area contributed by atoms with E-state index in [0.29, 0.717) is 46.6 Å². The molecule has 0 unspecified atom stereocenters. The van der Waals surface area contributed by atoms with Crippen molar-refractivity contribution in [2.75, 3.05) is 20.0 Å². The van der Waals surface area contributed by atoms with E-state index >= 15 is 0 Å². The minimum absolute atomic E-state index is 0.0700. The van der Waals surface area contributed by atoms with E-state index < -0.39 is 0 Å². The predicted octanol–water partition coefficient (Wildman–Crippen LogP) is 3.93. The van der Waals surface area contributed by atoms with Crippen LogP contribution in [0.15, 0.2) is 22.7 Å². The lowest BCUT2D eigenvalue weighted by Crippen LogP contribution is -2.44. The number of ether oxygens (including phenoxy) is 2. The number of hydrogen-bond donors (Lipinski definition) is 1. The lowest BCUT2D eigenvalue weighted by atomic mass is 9.78. The van der Waals surface area contributed by atoms with Gasteiger partial charge < -0.3 is 19.3 Å². The molecule has 3 rings (SSSR count). The van der Waals surface area contributed by atoms with E-state index in [1.807, 2.05) is 6.07 Å². The number of carbonyl (C=O) groups excluding carboxylic acids is 1. The second kappa shape index (κ2) is 10.0. The number of benzene rings is 1. The molecule has 1 N–H and O–H groups in total. The number of thioether (sulfide) groups is 1. The zero-order valence-electron chi connectivity index (χ0n) is 17.4. The van der Waals surface area contributed by atoms with Crippen LogP contribution in [-0.4, -0.2) is 42.1 Å². The smallest absolute Gasteiger partial charge is 0.236 e. The minimum Gasteiger partial charge on any atom is -0.493 e. The average Bonchev–Trinajstić information content (AvgIpc) is 3.19. The number of methoxy groups -OCH3 is 2. The maximum absolute atomic E-state index is 12.3. The molecule has 29 heavy (non-hydrogen) atoms. The van der Waals surface area contributed by atoms with Crippen LogP contribution in [0.2, 0.25) is 0 Å². The van der Waals surface area contributed by atoms with Crippen molar-refractivity contribution in [3.8, 4) is 22.9 Å². The van der Waals surface area contributed by atoms with Crippen LogP contribution in [0.5, 0.6) is 11.5 Å². The second-order valence-electron chi connectivity index (χ2n) is 7.52. The molecule has 8 heteroatoms. The van der Waals surface area contributed by atoms with Gasteiger partial charge in [0.1, 0.15) is 0 Å². The number of hydrogen-bond acceptors (Lipinski definition) is 7. The molecule has 2 aromatic rings. The molecule has 1 heterocycles. The van der Waals surface area contributed by atoms with E-state index in [0.717, 1.165) is 12.0 Å². The highest BCUT2D eigenvalue weighted by molar-refractivity contribution is 7.99. The normalized spacial score (nSPS) is 21.6. The first kappa shape index (κ1) is 21.5. The summed E-state index contributed by atoms with van der Waals surface area (Å²) in [5, 5.41) is 7.22. The van der Waals surface area contributed by atoms with Crippen molar-refractivity contribution in [3.05, 3.63) is 24.1 Å². The Morgan fingerprint density at radius 1 is 1.24 bits per heavy atom. The molecule has 1 aromatic carbocycles. The first-order valence-electron chi connectivity index (χ1n) is 9.94. The Kier molecular flexibility index (Phi) is 7.41. The summed E-state index contributed by atoms with van der Waals surface area (Å²) >= 11 is 1.47. The van der Waals surface area contributed by atoms with Crippen molar-refractivity contribution >= 4 is 17.7 Å². The predicted molar refractivity (Wildman–Crippen MR) is 113 cm³/mol. The molecule has 1 aromatic heterocycles. The number of rotatable bonds is 8. The lowest BCUT2D eigenvalue weighted by molar-refractivity contribution is -0.119.